The zero-order valence-corrected chi connectivity index (χ0v) is 5.76. The van der Waals surface area contributed by atoms with Crippen LogP contribution in [-0.2, 0) is 4.74 Å². The van der Waals surface area contributed by atoms with E-state index in [9.17, 15) is 0 Å². The second-order valence-electron chi connectivity index (χ2n) is 2.98. The first-order chi connectivity index (χ1) is 4.37. The van der Waals surface area contributed by atoms with Gasteiger partial charge in [-0.1, -0.05) is 12.2 Å². The molecule has 0 spiro atoms. The SMILES string of the molecule is CC=CCC12CCC1O2. The van der Waals surface area contributed by atoms with E-state index in [0.717, 1.165) is 6.42 Å². The lowest BCUT2D eigenvalue weighted by atomic mass is 9.83. The van der Waals surface area contributed by atoms with Gasteiger partial charge in [-0.25, -0.2) is 0 Å². The van der Waals surface area contributed by atoms with Crippen molar-refractivity contribution in [3.63, 3.8) is 0 Å². The van der Waals surface area contributed by atoms with Gasteiger partial charge in [0, 0.05) is 0 Å². The average Bonchev–Trinajstić information content (AvgIpc) is 2.34. The molecule has 1 aliphatic heterocycles. The highest BCUT2D eigenvalue weighted by atomic mass is 16.6. The molecule has 1 saturated heterocycles. The van der Waals surface area contributed by atoms with Crippen LogP contribution < -0.4 is 0 Å². The molecule has 0 radical (unpaired) electrons. The summed E-state index contributed by atoms with van der Waals surface area (Å²) in [6.07, 6.45) is 8.70. The van der Waals surface area contributed by atoms with Crippen LogP contribution in [0, 0.1) is 0 Å². The van der Waals surface area contributed by atoms with Gasteiger partial charge in [-0.15, -0.1) is 0 Å². The maximum Gasteiger partial charge on any atom is 0.0983 e. The lowest BCUT2D eigenvalue weighted by Crippen LogP contribution is -2.23. The minimum atomic E-state index is 0.354. The number of allylic oxidation sites excluding steroid dienone is 1. The number of hydrogen-bond donors (Lipinski definition) is 0. The van der Waals surface area contributed by atoms with Crippen LogP contribution in [0.2, 0.25) is 0 Å². The second-order valence-corrected chi connectivity index (χ2v) is 2.98. The van der Waals surface area contributed by atoms with E-state index in [1.54, 1.807) is 0 Å². The van der Waals surface area contributed by atoms with Crippen molar-refractivity contribution in [2.45, 2.75) is 37.9 Å². The molecule has 50 valence electrons. The average molecular weight is 124 g/mol. The predicted molar refractivity (Wildman–Crippen MR) is 36.3 cm³/mol. The van der Waals surface area contributed by atoms with Gasteiger partial charge < -0.3 is 4.74 Å². The molecule has 0 amide bonds. The lowest BCUT2D eigenvalue weighted by Gasteiger charge is -2.16. The molecule has 1 nitrogen and oxygen atoms in total. The van der Waals surface area contributed by atoms with Crippen molar-refractivity contribution < 1.29 is 4.74 Å². The Bertz CT molecular complexity index is 147. The Morgan fingerprint density at radius 3 is 3.00 bits per heavy atom. The second kappa shape index (κ2) is 1.60. The summed E-state index contributed by atoms with van der Waals surface area (Å²) in [5, 5.41) is 0. The molecule has 2 rings (SSSR count). The maximum absolute atomic E-state index is 5.47. The van der Waals surface area contributed by atoms with Gasteiger partial charge in [-0.3, -0.25) is 0 Å². The van der Waals surface area contributed by atoms with E-state index >= 15 is 0 Å². The Kier molecular flexibility index (Phi) is 0.974. The first-order valence-corrected chi connectivity index (χ1v) is 3.66. The molecule has 1 saturated carbocycles. The monoisotopic (exact) mass is 124 g/mol. The highest BCUT2D eigenvalue weighted by Crippen LogP contribution is 2.55. The summed E-state index contributed by atoms with van der Waals surface area (Å²) >= 11 is 0. The minimum Gasteiger partial charge on any atom is -0.366 e. The molecule has 0 aromatic carbocycles. The van der Waals surface area contributed by atoms with Gasteiger partial charge in [-0.05, 0) is 26.2 Å². The maximum atomic E-state index is 5.47. The topological polar surface area (TPSA) is 12.5 Å². The Balaban J connectivity index is 1.87. The van der Waals surface area contributed by atoms with Gasteiger partial charge in [0.25, 0.3) is 0 Å². The fourth-order valence-electron chi connectivity index (χ4n) is 1.55. The highest BCUT2D eigenvalue weighted by molar-refractivity contribution is 5.14. The molecule has 1 heterocycles. The largest absolute Gasteiger partial charge is 0.366 e. The Morgan fingerprint density at radius 2 is 2.67 bits per heavy atom. The molecule has 0 aromatic heterocycles. The van der Waals surface area contributed by atoms with Gasteiger partial charge in [0.2, 0.25) is 0 Å². The van der Waals surface area contributed by atoms with Crippen molar-refractivity contribution >= 4 is 0 Å². The number of hydrogen-bond acceptors (Lipinski definition) is 1. The van der Waals surface area contributed by atoms with Crippen molar-refractivity contribution in [2.75, 3.05) is 0 Å². The van der Waals surface area contributed by atoms with Crippen molar-refractivity contribution in [1.29, 1.82) is 0 Å². The normalized spacial score (nSPS) is 46.6. The molecule has 1 aliphatic carbocycles. The summed E-state index contributed by atoms with van der Waals surface area (Å²) in [5.41, 5.74) is 0.354. The van der Waals surface area contributed by atoms with E-state index < -0.39 is 0 Å². The van der Waals surface area contributed by atoms with Crippen molar-refractivity contribution in [3.05, 3.63) is 12.2 Å². The molecular formula is C8H12O. The van der Waals surface area contributed by atoms with E-state index in [0.29, 0.717) is 11.7 Å². The summed E-state index contributed by atoms with van der Waals surface area (Å²) in [6, 6.07) is 0. The van der Waals surface area contributed by atoms with E-state index in [1.165, 1.54) is 12.8 Å². The molecule has 2 unspecified atom stereocenters. The van der Waals surface area contributed by atoms with Crippen LogP contribution in [0.1, 0.15) is 26.2 Å². The Labute approximate surface area is 55.7 Å². The number of ether oxygens (including phenoxy) is 1. The number of fused-ring (bicyclic) bond motifs is 1. The van der Waals surface area contributed by atoms with Crippen LogP contribution in [0.3, 0.4) is 0 Å². The van der Waals surface area contributed by atoms with Crippen LogP contribution in [0.5, 0.6) is 0 Å². The van der Waals surface area contributed by atoms with Crippen LogP contribution in [0.4, 0.5) is 0 Å². The molecule has 9 heavy (non-hydrogen) atoms. The first-order valence-electron chi connectivity index (χ1n) is 3.66. The summed E-state index contributed by atoms with van der Waals surface area (Å²) in [7, 11) is 0. The standard InChI is InChI=1S/C8H12O/c1-2-3-5-8-6-4-7(8)9-8/h2-3,7H,4-6H2,1H3. The fourth-order valence-corrected chi connectivity index (χ4v) is 1.55. The zero-order valence-electron chi connectivity index (χ0n) is 5.76. The minimum absolute atomic E-state index is 0.354. The third-order valence-corrected chi connectivity index (χ3v) is 2.44. The number of rotatable bonds is 2. The van der Waals surface area contributed by atoms with Gasteiger partial charge >= 0.3 is 0 Å². The van der Waals surface area contributed by atoms with E-state index in [2.05, 4.69) is 19.1 Å². The Hall–Kier alpha value is -0.300. The van der Waals surface area contributed by atoms with Crippen LogP contribution in [0.25, 0.3) is 0 Å². The van der Waals surface area contributed by atoms with Gasteiger partial charge in [0.15, 0.2) is 0 Å². The molecule has 0 aromatic rings. The van der Waals surface area contributed by atoms with Crippen molar-refractivity contribution in [2.24, 2.45) is 0 Å². The van der Waals surface area contributed by atoms with Crippen LogP contribution >= 0.6 is 0 Å². The highest BCUT2D eigenvalue weighted by Gasteiger charge is 2.62. The van der Waals surface area contributed by atoms with Gasteiger partial charge in [0.05, 0.1) is 11.7 Å². The third kappa shape index (κ3) is 0.645. The molecule has 0 N–H and O–H groups in total. The summed E-state index contributed by atoms with van der Waals surface area (Å²) in [5.74, 6) is 0. The van der Waals surface area contributed by atoms with E-state index in [1.807, 2.05) is 0 Å². The zero-order chi connectivity index (χ0) is 6.32. The third-order valence-electron chi connectivity index (χ3n) is 2.44. The summed E-state index contributed by atoms with van der Waals surface area (Å²) in [4.78, 5) is 0. The lowest BCUT2D eigenvalue weighted by molar-refractivity contribution is 0.315. The van der Waals surface area contributed by atoms with E-state index in [4.69, 9.17) is 4.74 Å². The van der Waals surface area contributed by atoms with Gasteiger partial charge in [-0.2, -0.15) is 0 Å². The van der Waals surface area contributed by atoms with Crippen LogP contribution in [-0.4, -0.2) is 11.7 Å². The molecule has 2 atom stereocenters. The molecule has 2 aliphatic rings. The molecular weight excluding hydrogens is 112 g/mol. The van der Waals surface area contributed by atoms with Crippen molar-refractivity contribution in [1.82, 2.24) is 0 Å². The predicted octanol–water partition coefficient (Wildman–Crippen LogP) is 1.88. The van der Waals surface area contributed by atoms with Crippen LogP contribution in [0.15, 0.2) is 12.2 Å². The smallest absolute Gasteiger partial charge is 0.0983 e. The number of epoxide rings is 1. The summed E-state index contributed by atoms with van der Waals surface area (Å²) < 4.78 is 5.47. The quantitative estimate of drug-likeness (QED) is 0.404. The molecule has 0 bridgehead atoms. The molecule has 1 heteroatoms. The van der Waals surface area contributed by atoms with Crippen molar-refractivity contribution in [3.8, 4) is 0 Å². The molecule has 2 fully saturated rings. The summed E-state index contributed by atoms with van der Waals surface area (Å²) in [6.45, 7) is 2.06. The first kappa shape index (κ1) is 5.48. The fraction of sp³-hybridized carbons (Fsp3) is 0.750. The van der Waals surface area contributed by atoms with E-state index in [-0.39, 0.29) is 0 Å². The Morgan fingerprint density at radius 1 is 1.78 bits per heavy atom. The van der Waals surface area contributed by atoms with Gasteiger partial charge in [0.1, 0.15) is 0 Å².